The van der Waals surface area contributed by atoms with Crippen molar-refractivity contribution < 1.29 is 14.3 Å². The molecule has 0 aliphatic rings. The summed E-state index contributed by atoms with van der Waals surface area (Å²) in [6.45, 7) is 9.10. The van der Waals surface area contributed by atoms with E-state index in [1.807, 2.05) is 58.0 Å². The largest absolute Gasteiger partial charge is 0.490 e. The minimum absolute atomic E-state index is 0.114. The number of rotatable bonds is 9. The summed E-state index contributed by atoms with van der Waals surface area (Å²) in [4.78, 5) is 19.9. The zero-order valence-electron chi connectivity index (χ0n) is 18.3. The Morgan fingerprint density at radius 2 is 1.87 bits per heavy atom. The number of para-hydroxylation sites is 2. The molecule has 3 aromatic rings. The van der Waals surface area contributed by atoms with Crippen LogP contribution in [0.2, 0.25) is 5.02 Å². The molecule has 0 aliphatic heterocycles. The van der Waals surface area contributed by atoms with Gasteiger partial charge in [-0.3, -0.25) is 4.79 Å². The first-order valence-corrected chi connectivity index (χ1v) is 10.7. The summed E-state index contributed by atoms with van der Waals surface area (Å²) < 4.78 is 11.4. The van der Waals surface area contributed by atoms with E-state index in [0.717, 1.165) is 22.4 Å². The van der Waals surface area contributed by atoms with E-state index >= 15 is 0 Å². The fourth-order valence-corrected chi connectivity index (χ4v) is 3.32. The number of nitrogens with zero attached hydrogens (tertiary/aromatic N) is 1. The van der Waals surface area contributed by atoms with Gasteiger partial charge in [-0.1, -0.05) is 23.7 Å². The van der Waals surface area contributed by atoms with Crippen LogP contribution in [0.5, 0.6) is 11.5 Å². The first kappa shape index (κ1) is 22.9. The molecule has 1 heterocycles. The topological polar surface area (TPSA) is 88.3 Å². The molecule has 0 fully saturated rings. The molecule has 0 atom stereocenters. The maximum absolute atomic E-state index is 12.1. The molecule has 31 heavy (non-hydrogen) atoms. The normalized spacial score (nSPS) is 11.5. The van der Waals surface area contributed by atoms with Gasteiger partial charge in [-0.15, -0.1) is 0 Å². The monoisotopic (exact) mass is 444 g/mol. The van der Waals surface area contributed by atoms with Gasteiger partial charge in [0.15, 0.2) is 18.1 Å². The molecule has 8 heteroatoms. The standard InChI is InChI=1S/C23H29ClN4O3/c1-5-30-19-10-15(12-25-13-21-26-17-8-6-7-9-18(17)27-21)16(24)11-20(19)31-14-22(29)28-23(2,3)4/h6-11,25H,5,12-14H2,1-4H3,(H,26,27)(H,28,29). The van der Waals surface area contributed by atoms with Crippen molar-refractivity contribution >= 4 is 28.5 Å². The molecule has 1 amide bonds. The van der Waals surface area contributed by atoms with E-state index in [0.29, 0.717) is 36.2 Å². The van der Waals surface area contributed by atoms with Crippen molar-refractivity contribution in [2.45, 2.75) is 46.3 Å². The third-order valence-electron chi connectivity index (χ3n) is 4.33. The Bertz CT molecular complexity index is 1010. The summed E-state index contributed by atoms with van der Waals surface area (Å²) in [6.07, 6.45) is 0. The highest BCUT2D eigenvalue weighted by atomic mass is 35.5. The number of benzene rings is 2. The second kappa shape index (κ2) is 10.0. The number of ether oxygens (including phenoxy) is 2. The third kappa shape index (κ3) is 6.60. The molecule has 1 aromatic heterocycles. The Hall–Kier alpha value is -2.77. The van der Waals surface area contributed by atoms with Gasteiger partial charge in [0, 0.05) is 23.2 Å². The van der Waals surface area contributed by atoms with Crippen LogP contribution < -0.4 is 20.1 Å². The number of nitrogens with one attached hydrogen (secondary N) is 3. The van der Waals surface area contributed by atoms with Crippen LogP contribution in [0.4, 0.5) is 0 Å². The molecule has 0 aliphatic carbocycles. The van der Waals surface area contributed by atoms with Gasteiger partial charge in [-0.2, -0.15) is 0 Å². The highest BCUT2D eigenvalue weighted by Gasteiger charge is 2.16. The van der Waals surface area contributed by atoms with E-state index in [2.05, 4.69) is 20.6 Å². The zero-order chi connectivity index (χ0) is 22.4. The number of fused-ring (bicyclic) bond motifs is 1. The Balaban J connectivity index is 1.63. The van der Waals surface area contributed by atoms with Crippen LogP contribution in [-0.4, -0.2) is 34.6 Å². The number of carbonyl (C=O) groups excluding carboxylic acids is 1. The van der Waals surface area contributed by atoms with Gasteiger partial charge >= 0.3 is 0 Å². The van der Waals surface area contributed by atoms with Crippen LogP contribution in [0.3, 0.4) is 0 Å². The minimum Gasteiger partial charge on any atom is -0.490 e. The van der Waals surface area contributed by atoms with Crippen molar-refractivity contribution in [2.24, 2.45) is 0 Å². The maximum Gasteiger partial charge on any atom is 0.258 e. The number of imidazole rings is 1. The lowest BCUT2D eigenvalue weighted by molar-refractivity contribution is -0.124. The van der Waals surface area contributed by atoms with Crippen LogP contribution in [0, 0.1) is 0 Å². The minimum atomic E-state index is -0.323. The summed E-state index contributed by atoms with van der Waals surface area (Å²) in [5.41, 5.74) is 2.49. The van der Waals surface area contributed by atoms with Gasteiger partial charge in [-0.25, -0.2) is 4.98 Å². The third-order valence-corrected chi connectivity index (χ3v) is 4.68. The number of hydrogen-bond donors (Lipinski definition) is 3. The molecular weight excluding hydrogens is 416 g/mol. The second-order valence-electron chi connectivity index (χ2n) is 8.21. The summed E-state index contributed by atoms with van der Waals surface area (Å²) in [6, 6.07) is 11.4. The Morgan fingerprint density at radius 1 is 1.13 bits per heavy atom. The summed E-state index contributed by atoms with van der Waals surface area (Å²) in [5, 5.41) is 6.74. The van der Waals surface area contributed by atoms with Crippen molar-refractivity contribution in [3.8, 4) is 11.5 Å². The quantitative estimate of drug-likeness (QED) is 0.460. The molecule has 3 N–H and O–H groups in total. The smallest absolute Gasteiger partial charge is 0.258 e. The van der Waals surface area contributed by atoms with E-state index in [-0.39, 0.29) is 18.1 Å². The van der Waals surface area contributed by atoms with Crippen molar-refractivity contribution in [2.75, 3.05) is 13.2 Å². The van der Waals surface area contributed by atoms with Crippen molar-refractivity contribution in [3.63, 3.8) is 0 Å². The van der Waals surface area contributed by atoms with Gasteiger partial charge in [0.25, 0.3) is 5.91 Å². The number of aromatic amines is 1. The van der Waals surface area contributed by atoms with Crippen molar-refractivity contribution in [1.29, 1.82) is 0 Å². The fourth-order valence-electron chi connectivity index (χ4n) is 3.10. The van der Waals surface area contributed by atoms with Crippen molar-refractivity contribution in [1.82, 2.24) is 20.6 Å². The number of aromatic nitrogens is 2. The molecule has 2 aromatic carbocycles. The summed E-state index contributed by atoms with van der Waals surface area (Å²) in [5.74, 6) is 1.64. The fraction of sp³-hybridized carbons (Fsp3) is 0.391. The van der Waals surface area contributed by atoms with E-state index in [4.69, 9.17) is 21.1 Å². The van der Waals surface area contributed by atoms with Crippen LogP contribution in [0.15, 0.2) is 36.4 Å². The van der Waals surface area contributed by atoms with Gasteiger partial charge < -0.3 is 25.1 Å². The lowest BCUT2D eigenvalue weighted by Gasteiger charge is -2.21. The molecule has 166 valence electrons. The molecule has 0 unspecified atom stereocenters. The molecule has 7 nitrogen and oxygen atoms in total. The van der Waals surface area contributed by atoms with Crippen molar-refractivity contribution in [3.05, 3.63) is 52.8 Å². The lowest BCUT2D eigenvalue weighted by Crippen LogP contribution is -2.43. The molecule has 0 saturated heterocycles. The van der Waals surface area contributed by atoms with Gasteiger partial charge in [0.2, 0.25) is 0 Å². The molecule has 0 bridgehead atoms. The predicted octanol–water partition coefficient (Wildman–Crippen LogP) is 4.20. The first-order chi connectivity index (χ1) is 14.7. The van der Waals surface area contributed by atoms with Crippen LogP contribution in [0.1, 0.15) is 39.1 Å². The number of carbonyl (C=O) groups is 1. The molecule has 0 saturated carbocycles. The Labute approximate surface area is 187 Å². The highest BCUT2D eigenvalue weighted by molar-refractivity contribution is 6.31. The van der Waals surface area contributed by atoms with E-state index in [1.54, 1.807) is 6.07 Å². The molecule has 0 radical (unpaired) electrons. The molecular formula is C23H29ClN4O3. The Kier molecular flexibility index (Phi) is 7.41. The molecule has 0 spiro atoms. The van der Waals surface area contributed by atoms with Crippen LogP contribution in [0.25, 0.3) is 11.0 Å². The lowest BCUT2D eigenvalue weighted by atomic mass is 10.1. The first-order valence-electron chi connectivity index (χ1n) is 10.3. The van der Waals surface area contributed by atoms with Crippen LogP contribution >= 0.6 is 11.6 Å². The van der Waals surface area contributed by atoms with E-state index in [1.165, 1.54) is 0 Å². The van der Waals surface area contributed by atoms with E-state index < -0.39 is 0 Å². The van der Waals surface area contributed by atoms with Gasteiger partial charge in [-0.05, 0) is 51.5 Å². The zero-order valence-corrected chi connectivity index (χ0v) is 19.1. The SMILES string of the molecule is CCOc1cc(CNCc2nc3ccccc3[nH]2)c(Cl)cc1OCC(=O)NC(C)(C)C. The number of H-pyrrole nitrogens is 1. The highest BCUT2D eigenvalue weighted by Crippen LogP contribution is 2.33. The van der Waals surface area contributed by atoms with E-state index in [9.17, 15) is 4.79 Å². The second-order valence-corrected chi connectivity index (χ2v) is 8.62. The average Bonchev–Trinajstić information content (AvgIpc) is 3.10. The summed E-state index contributed by atoms with van der Waals surface area (Å²) >= 11 is 6.47. The number of amides is 1. The molecule has 3 rings (SSSR count). The summed E-state index contributed by atoms with van der Waals surface area (Å²) in [7, 11) is 0. The van der Waals surface area contributed by atoms with Gasteiger partial charge in [0.1, 0.15) is 5.82 Å². The number of halogens is 1. The average molecular weight is 445 g/mol. The number of hydrogen-bond acceptors (Lipinski definition) is 5. The predicted molar refractivity (Wildman–Crippen MR) is 123 cm³/mol. The maximum atomic E-state index is 12.1. The van der Waals surface area contributed by atoms with Gasteiger partial charge in [0.05, 0.1) is 24.2 Å². The Morgan fingerprint density at radius 3 is 2.58 bits per heavy atom. The van der Waals surface area contributed by atoms with Crippen LogP contribution in [-0.2, 0) is 17.9 Å².